The van der Waals surface area contributed by atoms with Gasteiger partial charge < -0.3 is 20.1 Å². The Hall–Kier alpha value is -3.75. The SMILES string of the molecule is Cc1ccc2cc1NC(=O)Nc1cc(ccc1C)NC(=O)OCCCCCCCCCOC(=O)N2. The van der Waals surface area contributed by atoms with Gasteiger partial charge in [-0.3, -0.25) is 10.6 Å². The largest absolute Gasteiger partial charge is 0.449 e. The second kappa shape index (κ2) is 13.2. The number of hydrogen-bond donors (Lipinski definition) is 4. The predicted octanol–water partition coefficient (Wildman–Crippen LogP) is 6.79. The van der Waals surface area contributed by atoms with Gasteiger partial charge in [0.1, 0.15) is 0 Å². The van der Waals surface area contributed by atoms with Gasteiger partial charge in [0.25, 0.3) is 0 Å². The number of benzene rings is 2. The number of hydrogen-bond acceptors (Lipinski definition) is 5. The molecular weight excluding hydrogens is 448 g/mol. The molecule has 1 aliphatic rings. The monoisotopic (exact) mass is 482 g/mol. The molecule has 188 valence electrons. The summed E-state index contributed by atoms with van der Waals surface area (Å²) in [4.78, 5) is 37.0. The lowest BCUT2D eigenvalue weighted by molar-refractivity contribution is 0.159. The Balaban J connectivity index is 1.71. The predicted molar refractivity (Wildman–Crippen MR) is 137 cm³/mol. The third-order valence-electron chi connectivity index (χ3n) is 5.72. The molecular formula is C26H34N4O5. The Morgan fingerprint density at radius 2 is 0.971 bits per heavy atom. The summed E-state index contributed by atoms with van der Waals surface area (Å²) in [5, 5.41) is 11.0. The lowest BCUT2D eigenvalue weighted by Crippen LogP contribution is -2.21. The zero-order valence-corrected chi connectivity index (χ0v) is 20.4. The number of carbonyl (C=O) groups is 3. The van der Waals surface area contributed by atoms with Gasteiger partial charge in [0.15, 0.2) is 0 Å². The molecule has 0 aromatic heterocycles. The second-order valence-electron chi connectivity index (χ2n) is 8.64. The minimum Gasteiger partial charge on any atom is -0.449 e. The van der Waals surface area contributed by atoms with E-state index in [1.165, 1.54) is 0 Å². The Morgan fingerprint density at radius 3 is 1.40 bits per heavy atom. The van der Waals surface area contributed by atoms with Crippen molar-refractivity contribution < 1.29 is 23.9 Å². The molecule has 4 amide bonds. The lowest BCUT2D eigenvalue weighted by atomic mass is 10.1. The molecule has 1 heterocycles. The van der Waals surface area contributed by atoms with Crippen molar-refractivity contribution in [2.24, 2.45) is 0 Å². The first-order valence-electron chi connectivity index (χ1n) is 12.1. The number of amides is 4. The first-order chi connectivity index (χ1) is 16.9. The number of fused-ring (bicyclic) bond motifs is 4. The second-order valence-corrected chi connectivity index (χ2v) is 8.64. The van der Waals surface area contributed by atoms with Crippen molar-refractivity contribution in [1.82, 2.24) is 0 Å². The van der Waals surface area contributed by atoms with E-state index >= 15 is 0 Å². The molecule has 9 nitrogen and oxygen atoms in total. The fourth-order valence-electron chi connectivity index (χ4n) is 3.67. The van der Waals surface area contributed by atoms with Crippen LogP contribution in [0.4, 0.5) is 37.1 Å². The molecule has 0 saturated carbocycles. The molecule has 0 fully saturated rings. The number of nitrogens with one attached hydrogen (secondary N) is 4. The zero-order valence-electron chi connectivity index (χ0n) is 20.4. The lowest BCUT2D eigenvalue weighted by Gasteiger charge is -2.15. The van der Waals surface area contributed by atoms with E-state index in [0.29, 0.717) is 36.0 Å². The zero-order chi connectivity index (χ0) is 25.0. The van der Waals surface area contributed by atoms with Crippen LogP contribution in [-0.4, -0.2) is 31.4 Å². The van der Waals surface area contributed by atoms with Gasteiger partial charge in [-0.2, -0.15) is 0 Å². The van der Waals surface area contributed by atoms with Gasteiger partial charge in [-0.05, 0) is 62.1 Å². The molecule has 4 N–H and O–H groups in total. The fraction of sp³-hybridized carbons (Fsp3) is 0.423. The third-order valence-corrected chi connectivity index (χ3v) is 5.72. The van der Waals surface area contributed by atoms with E-state index in [9.17, 15) is 14.4 Å². The number of cyclic esters (lactones) is 2. The number of aryl methyl sites for hydroxylation is 2. The highest BCUT2D eigenvalue weighted by molar-refractivity contribution is 6.01. The minimum absolute atomic E-state index is 0.354. The Bertz CT molecular complexity index is 961. The van der Waals surface area contributed by atoms with Crippen LogP contribution in [0.2, 0.25) is 0 Å². The molecule has 3 rings (SSSR count). The summed E-state index contributed by atoms with van der Waals surface area (Å²) in [5.41, 5.74) is 3.79. The number of anilines is 4. The maximum absolute atomic E-state index is 12.7. The van der Waals surface area contributed by atoms with Crippen LogP contribution in [0.5, 0.6) is 0 Å². The molecule has 2 aromatic rings. The fourth-order valence-corrected chi connectivity index (χ4v) is 3.67. The Morgan fingerprint density at radius 1 is 0.571 bits per heavy atom. The third kappa shape index (κ3) is 8.84. The quantitative estimate of drug-likeness (QED) is 0.330. The van der Waals surface area contributed by atoms with Gasteiger partial charge >= 0.3 is 18.2 Å². The van der Waals surface area contributed by atoms with Crippen molar-refractivity contribution in [2.75, 3.05) is 34.5 Å². The number of rotatable bonds is 0. The van der Waals surface area contributed by atoms with Crippen molar-refractivity contribution in [3.63, 3.8) is 0 Å². The van der Waals surface area contributed by atoms with E-state index in [2.05, 4.69) is 21.3 Å². The Kier molecular flexibility index (Phi) is 9.77. The van der Waals surface area contributed by atoms with E-state index in [0.717, 1.165) is 56.1 Å². The van der Waals surface area contributed by atoms with Gasteiger partial charge in [-0.25, -0.2) is 14.4 Å². The van der Waals surface area contributed by atoms with Gasteiger partial charge in [0.2, 0.25) is 0 Å². The van der Waals surface area contributed by atoms with Crippen LogP contribution in [0.25, 0.3) is 0 Å². The van der Waals surface area contributed by atoms with Crippen LogP contribution in [0.3, 0.4) is 0 Å². The summed E-state index contributed by atoms with van der Waals surface area (Å²) >= 11 is 0. The number of urea groups is 1. The molecule has 1 aliphatic heterocycles. The van der Waals surface area contributed by atoms with E-state index in [4.69, 9.17) is 9.47 Å². The maximum Gasteiger partial charge on any atom is 0.411 e. The van der Waals surface area contributed by atoms with Crippen LogP contribution in [0.1, 0.15) is 56.1 Å². The highest BCUT2D eigenvalue weighted by atomic mass is 16.6. The normalized spacial score (nSPS) is 16.8. The highest BCUT2D eigenvalue weighted by Crippen LogP contribution is 2.23. The molecule has 0 radical (unpaired) electrons. The van der Waals surface area contributed by atoms with E-state index in [-0.39, 0.29) is 0 Å². The Labute approximate surface area is 206 Å². The van der Waals surface area contributed by atoms with E-state index in [1.54, 1.807) is 36.4 Å². The van der Waals surface area contributed by atoms with Crippen LogP contribution in [0.15, 0.2) is 36.4 Å². The topological polar surface area (TPSA) is 118 Å². The first kappa shape index (κ1) is 25.9. The van der Waals surface area contributed by atoms with Crippen LogP contribution < -0.4 is 21.3 Å². The molecule has 0 aliphatic carbocycles. The van der Waals surface area contributed by atoms with Crippen LogP contribution in [0, 0.1) is 13.8 Å². The molecule has 0 atom stereocenters. The van der Waals surface area contributed by atoms with Crippen LogP contribution >= 0.6 is 0 Å². The van der Waals surface area contributed by atoms with Gasteiger partial charge in [-0.1, -0.05) is 44.2 Å². The van der Waals surface area contributed by atoms with Crippen molar-refractivity contribution in [1.29, 1.82) is 0 Å². The summed E-state index contributed by atoms with van der Waals surface area (Å²) in [6, 6.07) is 10.0. The average molecular weight is 483 g/mol. The molecule has 0 spiro atoms. The van der Waals surface area contributed by atoms with E-state index in [1.807, 2.05) is 13.8 Å². The molecule has 4 bridgehead atoms. The smallest absolute Gasteiger partial charge is 0.411 e. The van der Waals surface area contributed by atoms with Crippen molar-refractivity contribution in [2.45, 2.75) is 58.8 Å². The summed E-state index contributed by atoms with van der Waals surface area (Å²) in [6.45, 7) is 4.42. The summed E-state index contributed by atoms with van der Waals surface area (Å²) in [5.74, 6) is 0. The number of ether oxygens (including phenoxy) is 2. The number of carbonyl (C=O) groups excluding carboxylic acids is 3. The molecule has 9 heteroatoms. The van der Waals surface area contributed by atoms with Crippen LogP contribution in [-0.2, 0) is 9.47 Å². The first-order valence-corrected chi connectivity index (χ1v) is 12.1. The van der Waals surface area contributed by atoms with Gasteiger partial charge in [0, 0.05) is 22.7 Å². The maximum atomic E-state index is 12.7. The summed E-state index contributed by atoms with van der Waals surface area (Å²) < 4.78 is 10.5. The summed E-state index contributed by atoms with van der Waals surface area (Å²) in [7, 11) is 0. The molecule has 2 aromatic carbocycles. The van der Waals surface area contributed by atoms with Gasteiger partial charge in [0.05, 0.1) is 13.2 Å². The van der Waals surface area contributed by atoms with Crippen molar-refractivity contribution in [3.8, 4) is 0 Å². The summed E-state index contributed by atoms with van der Waals surface area (Å²) in [6.07, 6.45) is 5.76. The highest BCUT2D eigenvalue weighted by Gasteiger charge is 2.11. The van der Waals surface area contributed by atoms with E-state index < -0.39 is 18.2 Å². The molecule has 35 heavy (non-hydrogen) atoms. The average Bonchev–Trinajstić information content (AvgIpc) is 2.81. The molecule has 0 unspecified atom stereocenters. The van der Waals surface area contributed by atoms with Crippen molar-refractivity contribution in [3.05, 3.63) is 47.5 Å². The standard InChI is InChI=1S/C26H34N4O5/c1-18-10-12-20-16-22(18)29-24(31)30-23-17-21(13-11-19(23)2)28-26(33)35-15-9-7-5-3-4-6-8-14-34-25(32)27-20/h10-13,16-17H,3-9,14-15H2,1-2H3,(H,27,32)(H,28,33)(H2,29,30,31). The van der Waals surface area contributed by atoms with Crippen molar-refractivity contribution >= 4 is 41.0 Å². The molecule has 0 saturated heterocycles. The minimum atomic E-state index is -0.520. The van der Waals surface area contributed by atoms with Gasteiger partial charge in [-0.15, -0.1) is 0 Å².